The number of hydrogen-bond acceptors (Lipinski definition) is 2. The van der Waals surface area contributed by atoms with Crippen molar-refractivity contribution >= 4 is 12.6 Å². The standard InChI is InChI=1S/C10H23NS/c1-4-7-10(2)11(3)8-5-6-9-12/h10,12H,4-9H2,1-3H3. The first-order chi connectivity index (χ1) is 5.72. The van der Waals surface area contributed by atoms with Crippen LogP contribution in [0, 0.1) is 0 Å². The molecule has 0 aromatic rings. The quantitative estimate of drug-likeness (QED) is 0.476. The lowest BCUT2D eigenvalue weighted by atomic mass is 10.1. The van der Waals surface area contributed by atoms with Crippen LogP contribution in [0.3, 0.4) is 0 Å². The van der Waals surface area contributed by atoms with E-state index in [2.05, 4.69) is 38.4 Å². The Hall–Kier alpha value is 0.310. The van der Waals surface area contributed by atoms with Gasteiger partial charge in [-0.25, -0.2) is 0 Å². The zero-order chi connectivity index (χ0) is 9.40. The van der Waals surface area contributed by atoms with Gasteiger partial charge in [-0.2, -0.15) is 12.6 Å². The zero-order valence-electron chi connectivity index (χ0n) is 8.71. The van der Waals surface area contributed by atoms with Crippen molar-refractivity contribution in [2.24, 2.45) is 0 Å². The van der Waals surface area contributed by atoms with Crippen LogP contribution in [0.2, 0.25) is 0 Å². The van der Waals surface area contributed by atoms with Crippen molar-refractivity contribution in [3.05, 3.63) is 0 Å². The largest absolute Gasteiger partial charge is 0.304 e. The first-order valence-electron chi connectivity index (χ1n) is 5.03. The average Bonchev–Trinajstić information content (AvgIpc) is 2.05. The molecule has 74 valence electrons. The summed E-state index contributed by atoms with van der Waals surface area (Å²) in [5.41, 5.74) is 0. The van der Waals surface area contributed by atoms with E-state index in [1.54, 1.807) is 0 Å². The highest BCUT2D eigenvalue weighted by molar-refractivity contribution is 7.80. The first kappa shape index (κ1) is 12.3. The van der Waals surface area contributed by atoms with Gasteiger partial charge in [0.1, 0.15) is 0 Å². The van der Waals surface area contributed by atoms with Gasteiger partial charge in [-0.3, -0.25) is 0 Å². The molecule has 0 saturated carbocycles. The van der Waals surface area contributed by atoms with Crippen LogP contribution in [-0.2, 0) is 0 Å². The molecule has 2 heteroatoms. The lowest BCUT2D eigenvalue weighted by Gasteiger charge is -2.23. The molecule has 1 atom stereocenters. The maximum absolute atomic E-state index is 4.20. The van der Waals surface area contributed by atoms with Gasteiger partial charge in [-0.15, -0.1) is 0 Å². The van der Waals surface area contributed by atoms with Crippen LogP contribution in [0.25, 0.3) is 0 Å². The predicted molar refractivity (Wildman–Crippen MR) is 60.1 cm³/mol. The topological polar surface area (TPSA) is 3.24 Å². The van der Waals surface area contributed by atoms with Gasteiger partial charge < -0.3 is 4.90 Å². The van der Waals surface area contributed by atoms with E-state index in [4.69, 9.17) is 0 Å². The summed E-state index contributed by atoms with van der Waals surface area (Å²) in [7, 11) is 2.22. The van der Waals surface area contributed by atoms with Gasteiger partial charge >= 0.3 is 0 Å². The highest BCUT2D eigenvalue weighted by atomic mass is 32.1. The number of unbranched alkanes of at least 4 members (excludes halogenated alkanes) is 1. The van der Waals surface area contributed by atoms with Crippen LogP contribution in [0.5, 0.6) is 0 Å². The van der Waals surface area contributed by atoms with Gasteiger partial charge in [0, 0.05) is 6.04 Å². The third kappa shape index (κ3) is 5.90. The Morgan fingerprint density at radius 2 is 2.00 bits per heavy atom. The monoisotopic (exact) mass is 189 g/mol. The van der Waals surface area contributed by atoms with Crippen molar-refractivity contribution in [3.8, 4) is 0 Å². The van der Waals surface area contributed by atoms with Gasteiger partial charge in [0.15, 0.2) is 0 Å². The lowest BCUT2D eigenvalue weighted by Crippen LogP contribution is -2.29. The Kier molecular flexibility index (Phi) is 8.14. The van der Waals surface area contributed by atoms with Crippen molar-refractivity contribution in [1.29, 1.82) is 0 Å². The van der Waals surface area contributed by atoms with E-state index in [9.17, 15) is 0 Å². The minimum absolute atomic E-state index is 0.745. The summed E-state index contributed by atoms with van der Waals surface area (Å²) in [6.45, 7) is 5.78. The molecular weight excluding hydrogens is 166 g/mol. The Morgan fingerprint density at radius 3 is 2.50 bits per heavy atom. The van der Waals surface area contributed by atoms with Crippen molar-refractivity contribution in [2.75, 3.05) is 19.3 Å². The van der Waals surface area contributed by atoms with Gasteiger partial charge in [0.05, 0.1) is 0 Å². The molecule has 0 rings (SSSR count). The molecule has 0 amide bonds. The molecule has 0 aliphatic rings. The summed E-state index contributed by atoms with van der Waals surface area (Å²) >= 11 is 4.20. The van der Waals surface area contributed by atoms with E-state index in [1.807, 2.05) is 0 Å². The first-order valence-corrected chi connectivity index (χ1v) is 5.66. The number of rotatable bonds is 7. The molecule has 0 saturated heterocycles. The SMILES string of the molecule is CCCC(C)N(C)CCCCS. The second-order valence-corrected chi connectivity index (χ2v) is 4.00. The van der Waals surface area contributed by atoms with E-state index in [-0.39, 0.29) is 0 Å². The number of nitrogens with zero attached hydrogens (tertiary/aromatic N) is 1. The Bertz CT molecular complexity index is 95.8. The second kappa shape index (κ2) is 7.93. The summed E-state index contributed by atoms with van der Waals surface area (Å²) < 4.78 is 0. The zero-order valence-corrected chi connectivity index (χ0v) is 9.61. The molecule has 0 bridgehead atoms. The summed E-state index contributed by atoms with van der Waals surface area (Å²) in [6.07, 6.45) is 5.13. The lowest BCUT2D eigenvalue weighted by molar-refractivity contribution is 0.242. The third-order valence-corrected chi connectivity index (χ3v) is 2.69. The van der Waals surface area contributed by atoms with Crippen molar-refractivity contribution < 1.29 is 0 Å². The minimum atomic E-state index is 0.745. The fraction of sp³-hybridized carbons (Fsp3) is 1.00. The average molecular weight is 189 g/mol. The van der Waals surface area contributed by atoms with Gasteiger partial charge in [-0.1, -0.05) is 13.3 Å². The normalized spacial score (nSPS) is 13.8. The fourth-order valence-corrected chi connectivity index (χ4v) is 1.56. The Labute approximate surface area is 82.9 Å². The van der Waals surface area contributed by atoms with E-state index in [1.165, 1.54) is 32.2 Å². The molecule has 0 radical (unpaired) electrons. The molecular formula is C10H23NS. The predicted octanol–water partition coefficient (Wildman–Crippen LogP) is 2.82. The summed E-state index contributed by atoms with van der Waals surface area (Å²) in [5, 5.41) is 0. The molecule has 0 spiro atoms. The smallest absolute Gasteiger partial charge is 0.00637 e. The fourth-order valence-electron chi connectivity index (χ4n) is 1.33. The van der Waals surface area contributed by atoms with E-state index in [0.29, 0.717) is 0 Å². The molecule has 12 heavy (non-hydrogen) atoms. The molecule has 1 nitrogen and oxygen atoms in total. The molecule has 0 aliphatic heterocycles. The highest BCUT2D eigenvalue weighted by Crippen LogP contribution is 2.05. The van der Waals surface area contributed by atoms with Crippen LogP contribution in [0.4, 0.5) is 0 Å². The Balaban J connectivity index is 3.35. The van der Waals surface area contributed by atoms with Gasteiger partial charge in [0.2, 0.25) is 0 Å². The number of hydrogen-bond donors (Lipinski definition) is 1. The van der Waals surface area contributed by atoms with Gasteiger partial charge in [-0.05, 0) is 45.5 Å². The van der Waals surface area contributed by atoms with Crippen LogP contribution < -0.4 is 0 Å². The van der Waals surface area contributed by atoms with E-state index in [0.717, 1.165) is 11.8 Å². The third-order valence-electron chi connectivity index (χ3n) is 2.38. The highest BCUT2D eigenvalue weighted by Gasteiger charge is 2.06. The minimum Gasteiger partial charge on any atom is -0.304 e. The molecule has 0 fully saturated rings. The Morgan fingerprint density at radius 1 is 1.33 bits per heavy atom. The van der Waals surface area contributed by atoms with Crippen molar-refractivity contribution in [1.82, 2.24) is 4.90 Å². The maximum atomic E-state index is 4.20. The summed E-state index contributed by atoms with van der Waals surface area (Å²) in [4.78, 5) is 2.45. The van der Waals surface area contributed by atoms with Crippen molar-refractivity contribution in [2.45, 2.75) is 45.6 Å². The van der Waals surface area contributed by atoms with Crippen LogP contribution in [0.1, 0.15) is 39.5 Å². The summed E-state index contributed by atoms with van der Waals surface area (Å²) in [6, 6.07) is 0.745. The van der Waals surface area contributed by atoms with E-state index >= 15 is 0 Å². The van der Waals surface area contributed by atoms with Gasteiger partial charge in [0.25, 0.3) is 0 Å². The van der Waals surface area contributed by atoms with E-state index < -0.39 is 0 Å². The molecule has 0 N–H and O–H groups in total. The second-order valence-electron chi connectivity index (χ2n) is 3.55. The molecule has 0 aromatic carbocycles. The summed E-state index contributed by atoms with van der Waals surface area (Å²) in [5.74, 6) is 1.02. The molecule has 1 unspecified atom stereocenters. The molecule has 0 aliphatic carbocycles. The van der Waals surface area contributed by atoms with Crippen LogP contribution >= 0.6 is 12.6 Å². The maximum Gasteiger partial charge on any atom is 0.00637 e. The number of thiol groups is 1. The van der Waals surface area contributed by atoms with Crippen LogP contribution in [-0.4, -0.2) is 30.3 Å². The molecule has 0 heterocycles. The van der Waals surface area contributed by atoms with Crippen molar-refractivity contribution in [3.63, 3.8) is 0 Å². The van der Waals surface area contributed by atoms with Crippen LogP contribution in [0.15, 0.2) is 0 Å². The molecule has 0 aromatic heterocycles.